The van der Waals surface area contributed by atoms with Gasteiger partial charge in [-0.2, -0.15) is 0 Å². The SMILES string of the molecule is C1=Cc2c(n(-c3cc(-c4cccc5c4oc4ccccc45)c4sc5ccccc5c4c3)c3cccc(-c4ccc5c6ccccc6n(-c6ccccc6)c5c4)c23)CC1. The van der Waals surface area contributed by atoms with E-state index in [0.717, 1.165) is 40.3 Å². The number of fused-ring (bicyclic) bond motifs is 12. The molecule has 0 atom stereocenters. The quantitative estimate of drug-likeness (QED) is 0.175. The van der Waals surface area contributed by atoms with Gasteiger partial charge in [-0.25, -0.2) is 0 Å². The van der Waals surface area contributed by atoms with E-state index in [4.69, 9.17) is 4.42 Å². The van der Waals surface area contributed by atoms with Crippen molar-refractivity contribution in [3.63, 3.8) is 0 Å². The molecule has 0 spiro atoms. The van der Waals surface area contributed by atoms with Gasteiger partial charge in [-0.15, -0.1) is 11.3 Å². The first-order valence-electron chi connectivity index (χ1n) is 20.1. The Labute approximate surface area is 337 Å². The topological polar surface area (TPSA) is 23.0 Å². The third-order valence-corrected chi connectivity index (χ3v) is 13.6. The molecule has 0 amide bonds. The van der Waals surface area contributed by atoms with E-state index in [1.54, 1.807) is 0 Å². The summed E-state index contributed by atoms with van der Waals surface area (Å²) in [6.45, 7) is 0. The molecular formula is C54H34N2OS. The minimum absolute atomic E-state index is 0.917. The summed E-state index contributed by atoms with van der Waals surface area (Å²) in [6.07, 6.45) is 6.70. The normalized spacial score (nSPS) is 13.0. The van der Waals surface area contributed by atoms with Crippen LogP contribution in [0.3, 0.4) is 0 Å². The van der Waals surface area contributed by atoms with E-state index in [-0.39, 0.29) is 0 Å². The van der Waals surface area contributed by atoms with Crippen molar-refractivity contribution < 1.29 is 4.42 Å². The molecule has 0 bridgehead atoms. The van der Waals surface area contributed by atoms with Crippen LogP contribution in [-0.4, -0.2) is 9.13 Å². The van der Waals surface area contributed by atoms with Crippen molar-refractivity contribution in [2.24, 2.45) is 0 Å². The summed E-state index contributed by atoms with van der Waals surface area (Å²) in [7, 11) is 0. The second-order valence-corrected chi connectivity index (χ2v) is 16.6. The summed E-state index contributed by atoms with van der Waals surface area (Å²) < 4.78 is 14.2. The fourth-order valence-corrected chi connectivity index (χ4v) is 11.1. The van der Waals surface area contributed by atoms with E-state index in [1.807, 2.05) is 11.3 Å². The van der Waals surface area contributed by atoms with Gasteiger partial charge in [-0.3, -0.25) is 0 Å². The molecule has 0 unspecified atom stereocenters. The van der Waals surface area contributed by atoms with Gasteiger partial charge in [0, 0.05) is 80.9 Å². The molecule has 0 saturated heterocycles. The Balaban J connectivity index is 1.09. The number of rotatable bonds is 4. The Kier molecular flexibility index (Phi) is 6.72. The number of allylic oxidation sites excluding steroid dienone is 1. The lowest BCUT2D eigenvalue weighted by Gasteiger charge is -2.16. The molecule has 1 aliphatic carbocycles. The van der Waals surface area contributed by atoms with Crippen molar-refractivity contribution in [1.29, 1.82) is 0 Å². The molecule has 3 nitrogen and oxygen atoms in total. The summed E-state index contributed by atoms with van der Waals surface area (Å²) in [5, 5.41) is 8.69. The van der Waals surface area contributed by atoms with Crippen LogP contribution in [0.25, 0.3) is 115 Å². The summed E-state index contributed by atoms with van der Waals surface area (Å²) >= 11 is 1.87. The number of aromatic nitrogens is 2. The van der Waals surface area contributed by atoms with E-state index in [9.17, 15) is 0 Å². The van der Waals surface area contributed by atoms with Crippen molar-refractivity contribution in [3.8, 4) is 33.6 Å². The number of hydrogen-bond donors (Lipinski definition) is 0. The van der Waals surface area contributed by atoms with Crippen molar-refractivity contribution in [1.82, 2.24) is 9.13 Å². The van der Waals surface area contributed by atoms with Crippen LogP contribution in [0, 0.1) is 0 Å². The average molecular weight is 759 g/mol. The number of benzene rings is 8. The lowest BCUT2D eigenvalue weighted by Crippen LogP contribution is -2.03. The highest BCUT2D eigenvalue weighted by Crippen LogP contribution is 2.47. The molecule has 0 radical (unpaired) electrons. The third kappa shape index (κ3) is 4.49. The van der Waals surface area contributed by atoms with Gasteiger partial charge in [-0.05, 0) is 78.6 Å². The van der Waals surface area contributed by atoms with Crippen LogP contribution < -0.4 is 0 Å². The minimum atomic E-state index is 0.917. The molecule has 4 heterocycles. The van der Waals surface area contributed by atoms with Crippen molar-refractivity contribution in [2.45, 2.75) is 12.8 Å². The lowest BCUT2D eigenvalue weighted by molar-refractivity contribution is 0.670. The summed E-state index contributed by atoms with van der Waals surface area (Å²) in [5.74, 6) is 0. The fourth-order valence-electron chi connectivity index (χ4n) is 9.90. The zero-order chi connectivity index (χ0) is 37.9. The number of hydrogen-bond acceptors (Lipinski definition) is 2. The van der Waals surface area contributed by atoms with Crippen LogP contribution >= 0.6 is 11.3 Å². The summed E-state index contributed by atoms with van der Waals surface area (Å²) in [6, 6.07) is 62.2. The molecule has 13 rings (SSSR count). The molecule has 8 aromatic carbocycles. The summed E-state index contributed by atoms with van der Waals surface area (Å²) in [4.78, 5) is 0. The number of nitrogens with zero attached hydrogens (tertiary/aromatic N) is 2. The molecule has 0 fully saturated rings. The maximum atomic E-state index is 6.69. The molecule has 4 aromatic heterocycles. The first kappa shape index (κ1) is 32.0. The summed E-state index contributed by atoms with van der Waals surface area (Å²) in [5.41, 5.74) is 15.3. The highest BCUT2D eigenvalue weighted by atomic mass is 32.1. The van der Waals surface area contributed by atoms with Crippen LogP contribution in [0.4, 0.5) is 0 Å². The number of para-hydroxylation sites is 4. The van der Waals surface area contributed by atoms with Crippen LogP contribution in [0.2, 0.25) is 0 Å². The predicted octanol–water partition coefficient (Wildman–Crippen LogP) is 15.3. The Hall–Kier alpha value is -7.14. The monoisotopic (exact) mass is 758 g/mol. The van der Waals surface area contributed by atoms with E-state index >= 15 is 0 Å². The molecule has 58 heavy (non-hydrogen) atoms. The standard InChI is InChI=1S/C54H34N2OS/c1-2-14-34(15-3-1)55-46-23-8-4-16-37(46)38-29-28-33(30-49(38)55)36-20-13-25-48-52(36)43-19-5-9-24-47(43)56(48)35-31-44-40-18-7-11-27-51(40)58-54(44)45(32-35)42-22-12-21-41-39-17-6-10-26-50(39)57-53(41)42/h1-8,10-23,25-32H,9,24H2. The van der Waals surface area contributed by atoms with E-state index < -0.39 is 0 Å². The minimum Gasteiger partial charge on any atom is -0.455 e. The van der Waals surface area contributed by atoms with Crippen LogP contribution in [0.15, 0.2) is 180 Å². The molecule has 4 heteroatoms. The smallest absolute Gasteiger partial charge is 0.143 e. The third-order valence-electron chi connectivity index (χ3n) is 12.4. The maximum absolute atomic E-state index is 6.69. The first-order chi connectivity index (χ1) is 28.8. The molecule has 0 saturated carbocycles. The molecule has 12 aromatic rings. The van der Waals surface area contributed by atoms with E-state index in [0.29, 0.717) is 0 Å². The van der Waals surface area contributed by atoms with Gasteiger partial charge in [0.2, 0.25) is 0 Å². The Bertz CT molecular complexity index is 3680. The van der Waals surface area contributed by atoms with Crippen LogP contribution in [0.1, 0.15) is 17.7 Å². The molecule has 0 N–H and O–H groups in total. The fraction of sp³-hybridized carbons (Fsp3) is 0.0370. The highest BCUT2D eigenvalue weighted by molar-refractivity contribution is 7.26. The van der Waals surface area contributed by atoms with Gasteiger partial charge in [0.05, 0.1) is 16.6 Å². The Morgan fingerprint density at radius 3 is 2.16 bits per heavy atom. The zero-order valence-electron chi connectivity index (χ0n) is 31.4. The van der Waals surface area contributed by atoms with Gasteiger partial charge in [0.15, 0.2) is 0 Å². The Morgan fingerprint density at radius 2 is 1.22 bits per heavy atom. The Morgan fingerprint density at radius 1 is 0.483 bits per heavy atom. The van der Waals surface area contributed by atoms with Crippen molar-refractivity contribution in [3.05, 3.63) is 187 Å². The molecular weight excluding hydrogens is 725 g/mol. The van der Waals surface area contributed by atoms with Gasteiger partial charge in [-0.1, -0.05) is 127 Å². The van der Waals surface area contributed by atoms with Crippen molar-refractivity contribution in [2.75, 3.05) is 0 Å². The van der Waals surface area contributed by atoms with E-state index in [2.05, 4.69) is 191 Å². The number of thiophene rings is 1. The second-order valence-electron chi connectivity index (χ2n) is 15.5. The predicted molar refractivity (Wildman–Crippen MR) is 246 cm³/mol. The molecule has 272 valence electrons. The largest absolute Gasteiger partial charge is 0.455 e. The lowest BCUT2D eigenvalue weighted by atomic mass is 9.95. The van der Waals surface area contributed by atoms with Crippen LogP contribution in [-0.2, 0) is 6.42 Å². The first-order valence-corrected chi connectivity index (χ1v) is 20.9. The maximum Gasteiger partial charge on any atom is 0.143 e. The van der Waals surface area contributed by atoms with Gasteiger partial charge in [0.1, 0.15) is 11.2 Å². The highest BCUT2D eigenvalue weighted by Gasteiger charge is 2.25. The van der Waals surface area contributed by atoms with Crippen molar-refractivity contribution >= 4 is 92.2 Å². The average Bonchev–Trinajstić information content (AvgIpc) is 4.04. The number of furan rings is 1. The van der Waals surface area contributed by atoms with Gasteiger partial charge in [0.25, 0.3) is 0 Å². The van der Waals surface area contributed by atoms with Crippen LogP contribution in [0.5, 0.6) is 0 Å². The second kappa shape index (κ2) is 12.2. The van der Waals surface area contributed by atoms with Gasteiger partial charge >= 0.3 is 0 Å². The van der Waals surface area contributed by atoms with E-state index in [1.165, 1.54) is 92.2 Å². The molecule has 1 aliphatic rings. The zero-order valence-corrected chi connectivity index (χ0v) is 32.3. The van der Waals surface area contributed by atoms with Gasteiger partial charge < -0.3 is 13.6 Å². The molecule has 0 aliphatic heterocycles.